The molecule has 50 heavy (non-hydrogen) atoms. The summed E-state index contributed by atoms with van der Waals surface area (Å²) in [6.45, 7) is 8.98. The van der Waals surface area contributed by atoms with Crippen LogP contribution in [-0.2, 0) is 16.1 Å². The van der Waals surface area contributed by atoms with Crippen molar-refractivity contribution in [2.75, 3.05) is 19.1 Å². The topological polar surface area (TPSA) is 146 Å². The van der Waals surface area contributed by atoms with Crippen molar-refractivity contribution >= 4 is 50.9 Å². The fourth-order valence-corrected chi connectivity index (χ4v) is 6.90. The average Bonchev–Trinajstić information content (AvgIpc) is 3.66. The van der Waals surface area contributed by atoms with Gasteiger partial charge in [0.1, 0.15) is 35.5 Å². The number of aliphatic carboxylic acids is 1. The quantitative estimate of drug-likeness (QED) is 0.128. The van der Waals surface area contributed by atoms with Crippen molar-refractivity contribution in [3.63, 3.8) is 0 Å². The van der Waals surface area contributed by atoms with Crippen LogP contribution >= 0.6 is 0 Å². The molecular weight excluding hydrogens is 638 g/mol. The molecule has 1 N–H and O–H groups in total. The average molecular weight is 688 g/mol. The van der Waals surface area contributed by atoms with Crippen molar-refractivity contribution in [2.45, 2.75) is 105 Å². The minimum absolute atomic E-state index is 0.128. The van der Waals surface area contributed by atoms with Crippen LogP contribution in [0.5, 0.6) is 11.5 Å². The van der Waals surface area contributed by atoms with Gasteiger partial charge in [-0.25, -0.2) is 9.48 Å². The predicted molar refractivity (Wildman–Crippen MR) is 191 cm³/mol. The van der Waals surface area contributed by atoms with Gasteiger partial charge in [-0.15, -0.1) is 0 Å². The number of methoxy groups -OCH3 is 2. The molecule has 1 unspecified atom stereocenters. The van der Waals surface area contributed by atoms with Crippen LogP contribution in [0.3, 0.4) is 0 Å². The number of Topliss-reactive ketones (excluding diaryl/α,β-unsaturated/α-hetero) is 2. The van der Waals surface area contributed by atoms with Gasteiger partial charge in [0, 0.05) is 41.5 Å². The van der Waals surface area contributed by atoms with Gasteiger partial charge in [-0.1, -0.05) is 66.7 Å². The first-order chi connectivity index (χ1) is 23.9. The highest BCUT2D eigenvalue weighted by molar-refractivity contribution is 6.15. The van der Waals surface area contributed by atoms with E-state index in [9.17, 15) is 24.3 Å². The Morgan fingerprint density at radius 1 is 0.880 bits per heavy atom. The number of carboxylic acids is 1. The lowest BCUT2D eigenvalue weighted by Gasteiger charge is -2.35. The van der Waals surface area contributed by atoms with Crippen LogP contribution in [0.2, 0.25) is 0 Å². The van der Waals surface area contributed by atoms with E-state index >= 15 is 0 Å². The lowest BCUT2D eigenvalue weighted by molar-refractivity contribution is -0.141. The van der Waals surface area contributed by atoms with E-state index in [0.29, 0.717) is 51.8 Å². The zero-order valence-corrected chi connectivity index (χ0v) is 30.2. The minimum Gasteiger partial charge on any atom is -0.497 e. The van der Waals surface area contributed by atoms with Crippen molar-refractivity contribution < 1.29 is 33.8 Å². The number of unbranched alkanes of at least 4 members (excludes halogenated alkanes) is 1. The number of anilines is 1. The highest BCUT2D eigenvalue weighted by Crippen LogP contribution is 2.40. The number of hydrogen-bond donors (Lipinski definition) is 1. The third kappa shape index (κ3) is 7.11. The standard InChI is InChI=1S/C38H49N5O7/c1-8-9-15-28(38(47)48)43-31-20-26(50-7)19-30(33(31)35(40-43)37(46)23(4)5)42(24-13-11-10-12-14-24)32(44)21-41-29-18-25(49-6)16-17-27(29)34(39-41)36(45)22(2)3/h16-20,22-24,28H,8-15,21H2,1-7H3,(H,47,48). The lowest BCUT2D eigenvalue weighted by atomic mass is 9.92. The number of carbonyl (C=O) groups excluding carboxylic acids is 3. The number of ketones is 2. The number of benzene rings is 2. The number of amides is 1. The summed E-state index contributed by atoms with van der Waals surface area (Å²) in [5.41, 5.74) is 1.86. The number of nitrogens with zero attached hydrogens (tertiary/aromatic N) is 5. The summed E-state index contributed by atoms with van der Waals surface area (Å²) in [5.74, 6) is -1.50. The van der Waals surface area contributed by atoms with Gasteiger partial charge >= 0.3 is 5.97 Å². The molecule has 0 spiro atoms. The van der Waals surface area contributed by atoms with Gasteiger partial charge in [0.15, 0.2) is 11.6 Å². The molecular formula is C38H49N5O7. The molecule has 0 radical (unpaired) electrons. The molecule has 2 aromatic carbocycles. The molecule has 1 atom stereocenters. The Bertz CT molecular complexity index is 1900. The van der Waals surface area contributed by atoms with Gasteiger partial charge in [-0.2, -0.15) is 10.2 Å². The molecule has 0 aliphatic heterocycles. The van der Waals surface area contributed by atoms with Crippen LogP contribution < -0.4 is 14.4 Å². The Kier molecular flexibility index (Phi) is 11.3. The second kappa shape index (κ2) is 15.4. The highest BCUT2D eigenvalue weighted by Gasteiger charge is 2.35. The Balaban J connectivity index is 1.75. The molecule has 0 bridgehead atoms. The van der Waals surface area contributed by atoms with Crippen molar-refractivity contribution in [3.8, 4) is 11.5 Å². The summed E-state index contributed by atoms with van der Waals surface area (Å²) in [4.78, 5) is 56.4. The molecule has 2 aromatic heterocycles. The van der Waals surface area contributed by atoms with Crippen LogP contribution in [0.4, 0.5) is 5.69 Å². The van der Waals surface area contributed by atoms with Crippen LogP contribution in [0.1, 0.15) is 113 Å². The Morgan fingerprint density at radius 2 is 1.52 bits per heavy atom. The van der Waals surface area contributed by atoms with E-state index in [2.05, 4.69) is 0 Å². The molecule has 12 nitrogen and oxygen atoms in total. The number of carboxylic acid groups (broad SMARTS) is 1. The van der Waals surface area contributed by atoms with E-state index < -0.39 is 17.9 Å². The monoisotopic (exact) mass is 687 g/mol. The van der Waals surface area contributed by atoms with E-state index in [1.807, 2.05) is 20.8 Å². The summed E-state index contributed by atoms with van der Waals surface area (Å²) in [7, 11) is 3.07. The molecule has 1 aliphatic rings. The van der Waals surface area contributed by atoms with Gasteiger partial charge in [-0.3, -0.25) is 19.1 Å². The first-order valence-corrected chi connectivity index (χ1v) is 17.7. The van der Waals surface area contributed by atoms with Crippen LogP contribution in [-0.4, -0.2) is 68.4 Å². The maximum atomic E-state index is 14.9. The Hall–Kier alpha value is -4.74. The number of ether oxygens (including phenoxy) is 2. The van der Waals surface area contributed by atoms with Gasteiger partial charge in [0.25, 0.3) is 0 Å². The minimum atomic E-state index is -1.05. The van der Waals surface area contributed by atoms with Crippen molar-refractivity contribution in [1.82, 2.24) is 19.6 Å². The second-order valence-electron chi connectivity index (χ2n) is 13.8. The van der Waals surface area contributed by atoms with E-state index in [4.69, 9.17) is 19.7 Å². The number of carbonyl (C=O) groups is 4. The summed E-state index contributed by atoms with van der Waals surface area (Å²) in [6, 6.07) is 7.55. The second-order valence-corrected chi connectivity index (χ2v) is 13.8. The number of fused-ring (bicyclic) bond motifs is 2. The lowest BCUT2D eigenvalue weighted by Crippen LogP contribution is -2.43. The third-order valence-electron chi connectivity index (χ3n) is 9.64. The number of hydrogen-bond acceptors (Lipinski definition) is 8. The van der Waals surface area contributed by atoms with Gasteiger partial charge in [0.05, 0.1) is 36.3 Å². The summed E-state index contributed by atoms with van der Waals surface area (Å²) in [5, 5.41) is 20.8. The first kappa shape index (κ1) is 36.5. The molecule has 1 saturated carbocycles. The van der Waals surface area contributed by atoms with Crippen molar-refractivity contribution in [1.29, 1.82) is 0 Å². The maximum absolute atomic E-state index is 14.9. The predicted octanol–water partition coefficient (Wildman–Crippen LogP) is 7.26. The van der Waals surface area contributed by atoms with Gasteiger partial charge < -0.3 is 19.5 Å². The Labute approximate surface area is 292 Å². The fourth-order valence-electron chi connectivity index (χ4n) is 6.90. The molecule has 2 heterocycles. The van der Waals surface area contributed by atoms with Crippen molar-refractivity contribution in [3.05, 3.63) is 41.7 Å². The molecule has 1 fully saturated rings. The zero-order valence-electron chi connectivity index (χ0n) is 30.2. The maximum Gasteiger partial charge on any atom is 0.328 e. The highest BCUT2D eigenvalue weighted by atomic mass is 16.5. The van der Waals surface area contributed by atoms with E-state index in [0.717, 1.165) is 38.5 Å². The molecule has 5 rings (SSSR count). The molecule has 12 heteroatoms. The van der Waals surface area contributed by atoms with Crippen molar-refractivity contribution in [2.24, 2.45) is 11.8 Å². The Morgan fingerprint density at radius 3 is 2.12 bits per heavy atom. The van der Waals surface area contributed by atoms with Gasteiger partial charge in [0.2, 0.25) is 5.91 Å². The van der Waals surface area contributed by atoms with Crippen LogP contribution in [0.15, 0.2) is 30.3 Å². The molecule has 0 saturated heterocycles. The summed E-state index contributed by atoms with van der Waals surface area (Å²) < 4.78 is 14.2. The van der Waals surface area contributed by atoms with E-state index in [-0.39, 0.29) is 47.4 Å². The largest absolute Gasteiger partial charge is 0.497 e. The summed E-state index contributed by atoms with van der Waals surface area (Å²) in [6.07, 6.45) is 6.14. The molecule has 1 amide bonds. The van der Waals surface area contributed by atoms with Gasteiger partial charge in [-0.05, 0) is 31.4 Å². The van der Waals surface area contributed by atoms with E-state index in [1.165, 1.54) is 11.8 Å². The molecule has 268 valence electrons. The van der Waals surface area contributed by atoms with E-state index in [1.54, 1.807) is 60.9 Å². The summed E-state index contributed by atoms with van der Waals surface area (Å²) >= 11 is 0. The third-order valence-corrected chi connectivity index (χ3v) is 9.64. The molecule has 4 aromatic rings. The first-order valence-electron chi connectivity index (χ1n) is 17.7. The number of rotatable bonds is 15. The normalized spacial score (nSPS) is 14.4. The SMILES string of the molecule is CCCCC(C(=O)O)n1nc(C(=O)C(C)C)c2c(N(C(=O)Cn3nc(C(=O)C(C)C)c4ccc(OC)cc43)C3CCCCC3)cc(OC)cc21. The van der Waals surface area contributed by atoms with Crippen LogP contribution in [0, 0.1) is 11.8 Å². The number of aromatic nitrogens is 4. The zero-order chi connectivity index (χ0) is 36.3. The smallest absolute Gasteiger partial charge is 0.328 e. The van der Waals surface area contributed by atoms with Crippen LogP contribution in [0.25, 0.3) is 21.8 Å². The molecule has 1 aliphatic carbocycles. The fraction of sp³-hybridized carbons (Fsp3) is 0.526.